The van der Waals surface area contributed by atoms with Gasteiger partial charge < -0.3 is 4.74 Å². The second-order valence-electron chi connectivity index (χ2n) is 5.22. The highest BCUT2D eigenvalue weighted by molar-refractivity contribution is 5.73. The van der Waals surface area contributed by atoms with Crippen LogP contribution in [0.15, 0.2) is 0 Å². The smallest absolute Gasteiger partial charge is 0.306 e. The highest BCUT2D eigenvalue weighted by Crippen LogP contribution is 2.40. The van der Waals surface area contributed by atoms with Crippen molar-refractivity contribution in [3.05, 3.63) is 6.92 Å². The molecular weight excluding hydrogens is 176 g/mol. The molecule has 1 radical (unpaired) electrons. The minimum absolute atomic E-state index is 0.0274. The summed E-state index contributed by atoms with van der Waals surface area (Å²) in [5, 5.41) is 0. The number of esters is 1. The van der Waals surface area contributed by atoms with Gasteiger partial charge in [0.25, 0.3) is 0 Å². The van der Waals surface area contributed by atoms with Crippen LogP contribution in [0.4, 0.5) is 0 Å². The van der Waals surface area contributed by atoms with Gasteiger partial charge in [-0.05, 0) is 37.5 Å². The second kappa shape index (κ2) is 4.33. The molecule has 2 nitrogen and oxygen atoms in total. The molecule has 0 unspecified atom stereocenters. The van der Waals surface area contributed by atoms with Crippen molar-refractivity contribution in [2.24, 2.45) is 11.3 Å². The van der Waals surface area contributed by atoms with Crippen LogP contribution in [0, 0.1) is 18.3 Å². The molecule has 0 aliphatic heterocycles. The Balaban J connectivity index is 2.47. The molecule has 1 rings (SSSR count). The Morgan fingerprint density at radius 2 is 2.21 bits per heavy atom. The Kier molecular flexibility index (Phi) is 3.57. The van der Waals surface area contributed by atoms with Gasteiger partial charge in [-0.3, -0.25) is 4.79 Å². The summed E-state index contributed by atoms with van der Waals surface area (Å²) in [6.45, 7) is 9.81. The average molecular weight is 197 g/mol. The number of ether oxygens (including phenoxy) is 1. The maximum Gasteiger partial charge on any atom is 0.306 e. The Morgan fingerprint density at radius 3 is 2.71 bits per heavy atom. The normalized spacial score (nSPS) is 28.1. The summed E-state index contributed by atoms with van der Waals surface area (Å²) in [5.41, 5.74) is 0.407. The zero-order chi connectivity index (χ0) is 10.8. The lowest BCUT2D eigenvalue weighted by atomic mass is 9.71. The first-order chi connectivity index (χ1) is 6.41. The molecule has 81 valence electrons. The van der Waals surface area contributed by atoms with E-state index in [1.165, 1.54) is 19.3 Å². The molecule has 1 fully saturated rings. The van der Waals surface area contributed by atoms with Gasteiger partial charge in [-0.15, -0.1) is 0 Å². The van der Waals surface area contributed by atoms with Crippen molar-refractivity contribution in [1.82, 2.24) is 0 Å². The zero-order valence-electron chi connectivity index (χ0n) is 9.51. The van der Waals surface area contributed by atoms with E-state index in [-0.39, 0.29) is 6.10 Å². The SMILES string of the molecule is [CH2]C(=O)O[C@H](C)[C@@H]1CCCC(C)(C)C1. The molecule has 0 heterocycles. The maximum atomic E-state index is 10.7. The van der Waals surface area contributed by atoms with Gasteiger partial charge in [0, 0.05) is 0 Å². The van der Waals surface area contributed by atoms with Gasteiger partial charge in [0.2, 0.25) is 0 Å². The first-order valence-corrected chi connectivity index (χ1v) is 5.43. The first-order valence-electron chi connectivity index (χ1n) is 5.43. The van der Waals surface area contributed by atoms with Crippen LogP contribution in [0.25, 0.3) is 0 Å². The highest BCUT2D eigenvalue weighted by Gasteiger charge is 2.31. The van der Waals surface area contributed by atoms with E-state index < -0.39 is 5.97 Å². The van der Waals surface area contributed by atoms with Crippen LogP contribution in [0.5, 0.6) is 0 Å². The molecule has 0 N–H and O–H groups in total. The molecule has 0 saturated heterocycles. The summed E-state index contributed by atoms with van der Waals surface area (Å²) in [7, 11) is 0. The lowest BCUT2D eigenvalue weighted by Crippen LogP contribution is -2.31. The lowest BCUT2D eigenvalue weighted by Gasteiger charge is -2.37. The predicted molar refractivity (Wildman–Crippen MR) is 56.7 cm³/mol. The summed E-state index contributed by atoms with van der Waals surface area (Å²) in [4.78, 5) is 10.7. The summed E-state index contributed by atoms with van der Waals surface area (Å²) < 4.78 is 5.13. The van der Waals surface area contributed by atoms with E-state index in [2.05, 4.69) is 20.8 Å². The van der Waals surface area contributed by atoms with Crippen LogP contribution < -0.4 is 0 Å². The molecule has 1 saturated carbocycles. The van der Waals surface area contributed by atoms with Crippen molar-refractivity contribution < 1.29 is 9.53 Å². The van der Waals surface area contributed by atoms with E-state index in [9.17, 15) is 4.79 Å². The molecule has 1 aliphatic carbocycles. The number of carbonyl (C=O) groups excluding carboxylic acids is 1. The molecule has 0 aromatic rings. The quantitative estimate of drug-likeness (QED) is 0.636. The van der Waals surface area contributed by atoms with E-state index in [1.807, 2.05) is 6.92 Å². The average Bonchev–Trinajstić information content (AvgIpc) is 2.01. The molecule has 2 atom stereocenters. The third-order valence-electron chi connectivity index (χ3n) is 3.22. The minimum atomic E-state index is -0.402. The number of hydrogen-bond donors (Lipinski definition) is 0. The van der Waals surface area contributed by atoms with Gasteiger partial charge in [-0.25, -0.2) is 0 Å². The van der Waals surface area contributed by atoms with Crippen molar-refractivity contribution in [2.45, 2.75) is 52.6 Å². The van der Waals surface area contributed by atoms with Gasteiger partial charge in [-0.2, -0.15) is 0 Å². The van der Waals surface area contributed by atoms with E-state index in [0.29, 0.717) is 11.3 Å². The Labute approximate surface area is 87.0 Å². The van der Waals surface area contributed by atoms with Crippen molar-refractivity contribution in [3.63, 3.8) is 0 Å². The van der Waals surface area contributed by atoms with Gasteiger partial charge in [-0.1, -0.05) is 20.3 Å². The molecule has 0 aromatic heterocycles. The van der Waals surface area contributed by atoms with Crippen molar-refractivity contribution in [2.75, 3.05) is 0 Å². The first kappa shape index (κ1) is 11.5. The minimum Gasteiger partial charge on any atom is -0.462 e. The van der Waals surface area contributed by atoms with Crippen molar-refractivity contribution in [1.29, 1.82) is 0 Å². The van der Waals surface area contributed by atoms with Crippen molar-refractivity contribution >= 4 is 5.97 Å². The predicted octanol–water partition coefficient (Wildman–Crippen LogP) is 2.97. The summed E-state index contributed by atoms with van der Waals surface area (Å²) in [6, 6.07) is 0. The van der Waals surface area contributed by atoms with Gasteiger partial charge >= 0.3 is 5.97 Å². The largest absolute Gasteiger partial charge is 0.462 e. The Hall–Kier alpha value is -0.530. The standard InChI is InChI=1S/C12H21O2/c1-9(14-10(2)13)11-6-5-7-12(3,4)8-11/h9,11H,2,5-8H2,1,3-4H3/t9-,11-/m1/s1. The fourth-order valence-corrected chi connectivity index (χ4v) is 2.46. The third-order valence-corrected chi connectivity index (χ3v) is 3.22. The lowest BCUT2D eigenvalue weighted by molar-refractivity contribution is -0.146. The van der Waals surface area contributed by atoms with E-state index in [0.717, 1.165) is 6.42 Å². The molecule has 2 heteroatoms. The van der Waals surface area contributed by atoms with E-state index >= 15 is 0 Å². The Bertz CT molecular complexity index is 208. The maximum absolute atomic E-state index is 10.7. The number of rotatable bonds is 2. The fourth-order valence-electron chi connectivity index (χ4n) is 2.46. The molecule has 0 aromatic carbocycles. The van der Waals surface area contributed by atoms with Crippen molar-refractivity contribution in [3.8, 4) is 0 Å². The molecule has 0 amide bonds. The van der Waals surface area contributed by atoms with Crippen LogP contribution in [0.1, 0.15) is 46.5 Å². The monoisotopic (exact) mass is 197 g/mol. The molecule has 0 bridgehead atoms. The topological polar surface area (TPSA) is 26.3 Å². The Morgan fingerprint density at radius 1 is 1.57 bits per heavy atom. The van der Waals surface area contributed by atoms with Gasteiger partial charge in [0.05, 0.1) is 6.92 Å². The van der Waals surface area contributed by atoms with E-state index in [1.54, 1.807) is 0 Å². The van der Waals surface area contributed by atoms with E-state index in [4.69, 9.17) is 4.74 Å². The van der Waals surface area contributed by atoms with Crippen LogP contribution in [0.3, 0.4) is 0 Å². The highest BCUT2D eigenvalue weighted by atomic mass is 16.5. The third kappa shape index (κ3) is 3.32. The summed E-state index contributed by atoms with van der Waals surface area (Å²) in [6.07, 6.45) is 4.89. The van der Waals surface area contributed by atoms with Crippen LogP contribution in [0.2, 0.25) is 0 Å². The van der Waals surface area contributed by atoms with Gasteiger partial charge in [0.15, 0.2) is 0 Å². The molecule has 1 aliphatic rings. The molecular formula is C12H21O2. The van der Waals surface area contributed by atoms with Crippen LogP contribution >= 0.6 is 0 Å². The number of hydrogen-bond acceptors (Lipinski definition) is 2. The van der Waals surface area contributed by atoms with Crippen LogP contribution in [-0.2, 0) is 9.53 Å². The van der Waals surface area contributed by atoms with Crippen LogP contribution in [-0.4, -0.2) is 12.1 Å². The molecule has 14 heavy (non-hydrogen) atoms. The zero-order valence-corrected chi connectivity index (χ0v) is 9.51. The number of carbonyl (C=O) groups is 1. The second-order valence-corrected chi connectivity index (χ2v) is 5.22. The van der Waals surface area contributed by atoms with Gasteiger partial charge in [0.1, 0.15) is 6.10 Å². The summed E-state index contributed by atoms with van der Waals surface area (Å²) >= 11 is 0. The fraction of sp³-hybridized carbons (Fsp3) is 0.833. The molecule has 0 spiro atoms. The summed E-state index contributed by atoms with van der Waals surface area (Å²) in [5.74, 6) is 0.116.